The minimum atomic E-state index is 0.484. The molecule has 1 fully saturated rings. The van der Waals surface area contributed by atoms with Gasteiger partial charge in [0.15, 0.2) is 0 Å². The monoisotopic (exact) mass is 233 g/mol. The molecule has 0 saturated heterocycles. The second-order valence-corrected chi connectivity index (χ2v) is 5.36. The van der Waals surface area contributed by atoms with Gasteiger partial charge in [0.2, 0.25) is 0 Å². The third-order valence-corrected chi connectivity index (χ3v) is 3.80. The molecule has 1 unspecified atom stereocenters. The third kappa shape index (κ3) is 2.93. The molecule has 1 aromatic carbocycles. The summed E-state index contributed by atoms with van der Waals surface area (Å²) in [6, 6.07) is 8.74. The molecule has 0 bridgehead atoms. The van der Waals surface area contributed by atoms with E-state index in [2.05, 4.69) is 38.2 Å². The Morgan fingerprint density at radius 3 is 2.71 bits per heavy atom. The first-order chi connectivity index (χ1) is 8.15. The Balaban J connectivity index is 2.03. The summed E-state index contributed by atoms with van der Waals surface area (Å²) in [4.78, 5) is 0. The first kappa shape index (κ1) is 12.3. The van der Waals surface area contributed by atoms with E-state index in [0.29, 0.717) is 11.5 Å². The Bertz CT molecular complexity index is 371. The summed E-state index contributed by atoms with van der Waals surface area (Å²) < 4.78 is 5.76. The van der Waals surface area contributed by atoms with E-state index >= 15 is 0 Å². The fourth-order valence-electron chi connectivity index (χ4n) is 1.96. The zero-order chi connectivity index (χ0) is 12.3. The van der Waals surface area contributed by atoms with Gasteiger partial charge in [0, 0.05) is 6.04 Å². The molecule has 94 valence electrons. The molecular formula is C15H23NO. The van der Waals surface area contributed by atoms with Crippen LogP contribution in [0.5, 0.6) is 5.75 Å². The number of hydrogen-bond donors (Lipinski definition) is 1. The van der Waals surface area contributed by atoms with Crippen LogP contribution in [0.3, 0.4) is 0 Å². The third-order valence-electron chi connectivity index (χ3n) is 3.80. The van der Waals surface area contributed by atoms with Crippen LogP contribution < -0.4 is 10.1 Å². The van der Waals surface area contributed by atoms with Gasteiger partial charge in [-0.2, -0.15) is 0 Å². The maximum atomic E-state index is 5.76. The van der Waals surface area contributed by atoms with Gasteiger partial charge in [-0.15, -0.1) is 0 Å². The van der Waals surface area contributed by atoms with Gasteiger partial charge in [0.1, 0.15) is 5.75 Å². The smallest absolute Gasteiger partial charge is 0.142 e. The van der Waals surface area contributed by atoms with Gasteiger partial charge >= 0.3 is 0 Å². The van der Waals surface area contributed by atoms with Crippen molar-refractivity contribution in [3.63, 3.8) is 0 Å². The fraction of sp³-hybridized carbons (Fsp3) is 0.600. The Hall–Kier alpha value is -1.18. The second-order valence-electron chi connectivity index (χ2n) is 5.36. The van der Waals surface area contributed by atoms with Crippen LogP contribution in [0.15, 0.2) is 24.3 Å². The highest BCUT2D eigenvalue weighted by molar-refractivity contribution is 5.57. The summed E-state index contributed by atoms with van der Waals surface area (Å²) in [6.45, 7) is 7.53. The Kier molecular flexibility index (Phi) is 3.60. The number of benzene rings is 1. The molecule has 17 heavy (non-hydrogen) atoms. The molecule has 2 nitrogen and oxygen atoms in total. The van der Waals surface area contributed by atoms with E-state index in [1.807, 2.05) is 12.1 Å². The molecule has 1 saturated carbocycles. The normalized spacial score (nSPS) is 18.5. The topological polar surface area (TPSA) is 21.3 Å². The molecule has 0 aliphatic heterocycles. The van der Waals surface area contributed by atoms with Gasteiger partial charge in [0.25, 0.3) is 0 Å². The molecule has 0 aromatic heterocycles. The first-order valence-corrected chi connectivity index (χ1v) is 6.64. The van der Waals surface area contributed by atoms with E-state index in [1.54, 1.807) is 0 Å². The molecule has 0 spiro atoms. The van der Waals surface area contributed by atoms with Crippen molar-refractivity contribution >= 4 is 5.69 Å². The number of rotatable bonds is 6. The van der Waals surface area contributed by atoms with Crippen LogP contribution in [0.1, 0.15) is 40.0 Å². The van der Waals surface area contributed by atoms with Crippen molar-refractivity contribution in [2.45, 2.75) is 46.1 Å². The van der Waals surface area contributed by atoms with Gasteiger partial charge in [-0.05, 0) is 43.7 Å². The van der Waals surface area contributed by atoms with Crippen LogP contribution >= 0.6 is 0 Å². The maximum Gasteiger partial charge on any atom is 0.142 e. The number of para-hydroxylation sites is 2. The lowest BCUT2D eigenvalue weighted by atomic mass is 10.0. The SMILES string of the molecule is CCCOc1ccccc1NC(C)C1(C)CC1. The minimum absolute atomic E-state index is 0.484. The Morgan fingerprint density at radius 1 is 1.35 bits per heavy atom. The molecule has 0 heterocycles. The van der Waals surface area contributed by atoms with Crippen LogP contribution in [0.2, 0.25) is 0 Å². The number of ether oxygens (including phenoxy) is 1. The molecule has 2 rings (SSSR count). The number of nitrogens with one attached hydrogen (secondary N) is 1. The van der Waals surface area contributed by atoms with E-state index in [4.69, 9.17) is 4.74 Å². The summed E-state index contributed by atoms with van der Waals surface area (Å²) in [7, 11) is 0. The van der Waals surface area contributed by atoms with Crippen molar-refractivity contribution in [3.8, 4) is 5.75 Å². The first-order valence-electron chi connectivity index (χ1n) is 6.64. The largest absolute Gasteiger partial charge is 0.491 e. The average molecular weight is 233 g/mol. The lowest BCUT2D eigenvalue weighted by Gasteiger charge is -2.23. The van der Waals surface area contributed by atoms with Crippen molar-refractivity contribution in [2.75, 3.05) is 11.9 Å². The predicted molar refractivity (Wildman–Crippen MR) is 72.7 cm³/mol. The van der Waals surface area contributed by atoms with Gasteiger partial charge < -0.3 is 10.1 Å². The van der Waals surface area contributed by atoms with E-state index in [9.17, 15) is 0 Å². The van der Waals surface area contributed by atoms with Crippen LogP contribution in [-0.4, -0.2) is 12.6 Å². The predicted octanol–water partition coefficient (Wildman–Crippen LogP) is 4.08. The number of anilines is 1. The molecular weight excluding hydrogens is 210 g/mol. The van der Waals surface area contributed by atoms with Crippen LogP contribution in [-0.2, 0) is 0 Å². The Labute approximate surface area is 104 Å². The van der Waals surface area contributed by atoms with Crippen molar-refractivity contribution in [2.24, 2.45) is 5.41 Å². The summed E-state index contributed by atoms with van der Waals surface area (Å²) in [5, 5.41) is 3.60. The zero-order valence-electron chi connectivity index (χ0n) is 11.1. The van der Waals surface area contributed by atoms with Gasteiger partial charge in [-0.3, -0.25) is 0 Å². The van der Waals surface area contributed by atoms with E-state index in [0.717, 1.165) is 24.5 Å². The van der Waals surface area contributed by atoms with E-state index in [-0.39, 0.29) is 0 Å². The highest BCUT2D eigenvalue weighted by Crippen LogP contribution is 2.49. The van der Waals surface area contributed by atoms with Crippen molar-refractivity contribution in [1.82, 2.24) is 0 Å². The van der Waals surface area contributed by atoms with Gasteiger partial charge in [-0.25, -0.2) is 0 Å². The standard InChI is InChI=1S/C15H23NO/c1-4-11-17-14-8-6-5-7-13(14)16-12(2)15(3)9-10-15/h5-8,12,16H,4,9-11H2,1-3H3. The van der Waals surface area contributed by atoms with Crippen LogP contribution in [0.4, 0.5) is 5.69 Å². The summed E-state index contributed by atoms with van der Waals surface area (Å²) in [6.07, 6.45) is 3.71. The molecule has 2 heteroatoms. The minimum Gasteiger partial charge on any atom is -0.491 e. The van der Waals surface area contributed by atoms with Crippen LogP contribution in [0, 0.1) is 5.41 Å². The summed E-state index contributed by atoms with van der Waals surface area (Å²) >= 11 is 0. The lowest BCUT2D eigenvalue weighted by molar-refractivity contribution is 0.318. The van der Waals surface area contributed by atoms with Gasteiger partial charge in [-0.1, -0.05) is 26.0 Å². The quantitative estimate of drug-likeness (QED) is 0.799. The van der Waals surface area contributed by atoms with E-state index in [1.165, 1.54) is 12.8 Å². The highest BCUT2D eigenvalue weighted by Gasteiger charge is 2.42. The summed E-state index contributed by atoms with van der Waals surface area (Å²) in [5.41, 5.74) is 1.61. The molecule has 1 aromatic rings. The van der Waals surface area contributed by atoms with Crippen molar-refractivity contribution < 1.29 is 4.74 Å². The average Bonchev–Trinajstić information content (AvgIpc) is 3.08. The lowest BCUT2D eigenvalue weighted by Crippen LogP contribution is -2.25. The molecule has 1 N–H and O–H groups in total. The molecule has 1 atom stereocenters. The molecule has 1 aliphatic rings. The van der Waals surface area contributed by atoms with Crippen molar-refractivity contribution in [1.29, 1.82) is 0 Å². The van der Waals surface area contributed by atoms with Crippen LogP contribution in [0.25, 0.3) is 0 Å². The fourth-order valence-corrected chi connectivity index (χ4v) is 1.96. The maximum absolute atomic E-state index is 5.76. The highest BCUT2D eigenvalue weighted by atomic mass is 16.5. The zero-order valence-corrected chi connectivity index (χ0v) is 11.1. The van der Waals surface area contributed by atoms with E-state index < -0.39 is 0 Å². The summed E-state index contributed by atoms with van der Waals surface area (Å²) in [5.74, 6) is 0.977. The second kappa shape index (κ2) is 4.99. The molecule has 1 aliphatic carbocycles. The molecule has 0 radical (unpaired) electrons. The molecule has 0 amide bonds. The Morgan fingerprint density at radius 2 is 2.06 bits per heavy atom. The van der Waals surface area contributed by atoms with Gasteiger partial charge in [0.05, 0.1) is 12.3 Å². The number of hydrogen-bond acceptors (Lipinski definition) is 2. The van der Waals surface area contributed by atoms with Crippen molar-refractivity contribution in [3.05, 3.63) is 24.3 Å².